The fourth-order valence-electron chi connectivity index (χ4n) is 1.49. The minimum absolute atomic E-state index is 0.192. The highest BCUT2D eigenvalue weighted by atomic mass is 16.6. The summed E-state index contributed by atoms with van der Waals surface area (Å²) in [5.74, 6) is -0.339. The molecule has 0 bridgehead atoms. The molecule has 2 aromatic rings. The second-order valence-electron chi connectivity index (χ2n) is 3.98. The average molecular weight is 287 g/mol. The van der Waals surface area contributed by atoms with E-state index in [4.69, 9.17) is 4.74 Å². The number of amides is 1. The SMILES string of the molecule is COC(=O)COc1cccc(NC(=O)c2ccnnc2)c1. The number of esters is 1. The molecule has 0 atom stereocenters. The smallest absolute Gasteiger partial charge is 0.343 e. The minimum atomic E-state index is -0.479. The maximum Gasteiger partial charge on any atom is 0.343 e. The van der Waals surface area contributed by atoms with Crippen molar-refractivity contribution in [1.29, 1.82) is 0 Å². The molecule has 0 unspecified atom stereocenters. The standard InChI is InChI=1S/C14H13N3O4/c1-20-13(18)9-21-12-4-2-3-11(7-12)17-14(19)10-5-6-15-16-8-10/h2-8H,9H2,1H3,(H,17,19). The highest BCUT2D eigenvalue weighted by Crippen LogP contribution is 2.18. The summed E-state index contributed by atoms with van der Waals surface area (Å²) < 4.78 is 9.72. The number of rotatable bonds is 5. The minimum Gasteiger partial charge on any atom is -0.482 e. The fraction of sp³-hybridized carbons (Fsp3) is 0.143. The van der Waals surface area contributed by atoms with Gasteiger partial charge in [-0.25, -0.2) is 4.79 Å². The van der Waals surface area contributed by atoms with Gasteiger partial charge in [0.2, 0.25) is 0 Å². The van der Waals surface area contributed by atoms with Gasteiger partial charge in [0.15, 0.2) is 6.61 Å². The third-order valence-corrected chi connectivity index (χ3v) is 2.52. The summed E-state index contributed by atoms with van der Waals surface area (Å²) in [7, 11) is 1.28. The molecule has 1 aromatic heterocycles. The quantitative estimate of drug-likeness (QED) is 0.833. The van der Waals surface area contributed by atoms with Crippen molar-refractivity contribution in [3.63, 3.8) is 0 Å². The molecule has 0 aliphatic heterocycles. The molecule has 1 amide bonds. The number of benzene rings is 1. The fourth-order valence-corrected chi connectivity index (χ4v) is 1.49. The molecule has 7 nitrogen and oxygen atoms in total. The monoisotopic (exact) mass is 287 g/mol. The molecule has 108 valence electrons. The zero-order valence-electron chi connectivity index (χ0n) is 11.3. The Kier molecular flexibility index (Phi) is 4.81. The van der Waals surface area contributed by atoms with Gasteiger partial charge in [0.1, 0.15) is 5.75 Å². The number of hydrogen-bond acceptors (Lipinski definition) is 6. The van der Waals surface area contributed by atoms with E-state index >= 15 is 0 Å². The number of nitrogens with one attached hydrogen (secondary N) is 1. The first-order valence-corrected chi connectivity index (χ1v) is 6.07. The molecular formula is C14H13N3O4. The van der Waals surface area contributed by atoms with Crippen molar-refractivity contribution < 1.29 is 19.1 Å². The first kappa shape index (κ1) is 14.4. The molecule has 0 spiro atoms. The van der Waals surface area contributed by atoms with E-state index in [1.807, 2.05) is 0 Å². The summed E-state index contributed by atoms with van der Waals surface area (Å²) in [6.45, 7) is -0.192. The van der Waals surface area contributed by atoms with Crippen LogP contribution in [0.15, 0.2) is 42.7 Å². The van der Waals surface area contributed by atoms with Gasteiger partial charge in [-0.1, -0.05) is 6.07 Å². The van der Waals surface area contributed by atoms with E-state index in [1.165, 1.54) is 19.5 Å². The van der Waals surface area contributed by atoms with Crippen LogP contribution < -0.4 is 10.1 Å². The second kappa shape index (κ2) is 6.99. The molecule has 0 saturated heterocycles. The van der Waals surface area contributed by atoms with Crippen LogP contribution in [0.1, 0.15) is 10.4 Å². The van der Waals surface area contributed by atoms with Gasteiger partial charge in [0, 0.05) is 11.8 Å². The Hall–Kier alpha value is -2.96. The van der Waals surface area contributed by atoms with Crippen LogP contribution in [-0.4, -0.2) is 35.8 Å². The zero-order valence-corrected chi connectivity index (χ0v) is 11.3. The molecule has 7 heteroatoms. The lowest BCUT2D eigenvalue weighted by Crippen LogP contribution is -2.14. The number of nitrogens with zero attached hydrogens (tertiary/aromatic N) is 2. The lowest BCUT2D eigenvalue weighted by atomic mass is 10.2. The summed E-state index contributed by atoms with van der Waals surface area (Å²) in [6.07, 6.45) is 2.80. The van der Waals surface area contributed by atoms with Crippen molar-refractivity contribution >= 4 is 17.6 Å². The first-order chi connectivity index (χ1) is 10.2. The maximum absolute atomic E-state index is 11.9. The Bertz CT molecular complexity index is 631. The average Bonchev–Trinajstić information content (AvgIpc) is 2.53. The lowest BCUT2D eigenvalue weighted by molar-refractivity contribution is -0.142. The summed E-state index contributed by atoms with van der Waals surface area (Å²) in [5, 5.41) is 9.94. The molecule has 0 aliphatic carbocycles. The molecular weight excluding hydrogens is 274 g/mol. The van der Waals surface area contributed by atoms with Gasteiger partial charge in [0.25, 0.3) is 5.91 Å². The molecule has 21 heavy (non-hydrogen) atoms. The van der Waals surface area contributed by atoms with Crippen LogP contribution in [0.5, 0.6) is 5.75 Å². The Morgan fingerprint density at radius 1 is 1.24 bits per heavy atom. The van der Waals surface area contributed by atoms with Crippen molar-refractivity contribution in [2.75, 3.05) is 19.0 Å². The Morgan fingerprint density at radius 2 is 2.10 bits per heavy atom. The summed E-state index contributed by atoms with van der Waals surface area (Å²) in [6, 6.07) is 8.24. The highest BCUT2D eigenvalue weighted by molar-refractivity contribution is 6.04. The Morgan fingerprint density at radius 3 is 2.81 bits per heavy atom. The maximum atomic E-state index is 11.9. The molecule has 0 saturated carbocycles. The van der Waals surface area contributed by atoms with E-state index < -0.39 is 5.97 Å². The van der Waals surface area contributed by atoms with E-state index in [1.54, 1.807) is 30.3 Å². The normalized spacial score (nSPS) is 9.76. The van der Waals surface area contributed by atoms with E-state index in [0.29, 0.717) is 17.0 Å². The molecule has 0 aliphatic rings. The van der Waals surface area contributed by atoms with Crippen LogP contribution in [0.2, 0.25) is 0 Å². The number of anilines is 1. The van der Waals surface area contributed by atoms with Gasteiger partial charge >= 0.3 is 5.97 Å². The van der Waals surface area contributed by atoms with Crippen LogP contribution in [-0.2, 0) is 9.53 Å². The van der Waals surface area contributed by atoms with Gasteiger partial charge in [-0.15, -0.1) is 0 Å². The number of methoxy groups -OCH3 is 1. The molecule has 0 fully saturated rings. The van der Waals surface area contributed by atoms with Crippen molar-refractivity contribution in [2.45, 2.75) is 0 Å². The highest BCUT2D eigenvalue weighted by Gasteiger charge is 2.07. The van der Waals surface area contributed by atoms with Gasteiger partial charge in [-0.2, -0.15) is 10.2 Å². The number of aromatic nitrogens is 2. The predicted molar refractivity (Wildman–Crippen MR) is 73.9 cm³/mol. The number of hydrogen-bond donors (Lipinski definition) is 1. The number of carbonyl (C=O) groups excluding carboxylic acids is 2. The van der Waals surface area contributed by atoms with Crippen molar-refractivity contribution in [2.24, 2.45) is 0 Å². The summed E-state index contributed by atoms with van der Waals surface area (Å²) in [5.41, 5.74) is 0.935. The zero-order chi connectivity index (χ0) is 15.1. The largest absolute Gasteiger partial charge is 0.482 e. The van der Waals surface area contributed by atoms with Crippen molar-refractivity contribution in [3.8, 4) is 5.75 Å². The third-order valence-electron chi connectivity index (χ3n) is 2.52. The van der Waals surface area contributed by atoms with E-state index in [9.17, 15) is 9.59 Å². The molecule has 1 aromatic carbocycles. The van der Waals surface area contributed by atoms with Crippen molar-refractivity contribution in [1.82, 2.24) is 10.2 Å². The molecule has 1 N–H and O–H groups in total. The number of ether oxygens (including phenoxy) is 2. The van der Waals surface area contributed by atoms with Crippen molar-refractivity contribution in [3.05, 3.63) is 48.3 Å². The van der Waals surface area contributed by atoms with E-state index in [-0.39, 0.29) is 12.5 Å². The predicted octanol–water partition coefficient (Wildman–Crippen LogP) is 1.28. The molecule has 0 radical (unpaired) electrons. The van der Waals surface area contributed by atoms with E-state index in [0.717, 1.165) is 0 Å². The second-order valence-corrected chi connectivity index (χ2v) is 3.98. The Balaban J connectivity index is 2.01. The van der Waals surface area contributed by atoms with Crippen LogP contribution in [0.25, 0.3) is 0 Å². The third kappa shape index (κ3) is 4.27. The van der Waals surface area contributed by atoms with Crippen LogP contribution in [0.3, 0.4) is 0 Å². The Labute approximate surface area is 120 Å². The van der Waals surface area contributed by atoms with Gasteiger partial charge in [0.05, 0.1) is 25.1 Å². The van der Waals surface area contributed by atoms with Crippen LogP contribution >= 0.6 is 0 Å². The number of carbonyl (C=O) groups is 2. The van der Waals surface area contributed by atoms with Gasteiger partial charge in [-0.3, -0.25) is 4.79 Å². The topological polar surface area (TPSA) is 90.4 Å². The summed E-state index contributed by atoms with van der Waals surface area (Å²) >= 11 is 0. The van der Waals surface area contributed by atoms with Crippen LogP contribution in [0.4, 0.5) is 5.69 Å². The molecule has 1 heterocycles. The molecule has 2 rings (SSSR count). The lowest BCUT2D eigenvalue weighted by Gasteiger charge is -2.08. The van der Waals surface area contributed by atoms with Gasteiger partial charge in [-0.05, 0) is 18.2 Å². The van der Waals surface area contributed by atoms with Crippen LogP contribution in [0, 0.1) is 0 Å². The van der Waals surface area contributed by atoms with Gasteiger partial charge < -0.3 is 14.8 Å². The summed E-state index contributed by atoms with van der Waals surface area (Å²) in [4.78, 5) is 22.9. The van der Waals surface area contributed by atoms with E-state index in [2.05, 4.69) is 20.3 Å². The first-order valence-electron chi connectivity index (χ1n) is 6.07.